The van der Waals surface area contributed by atoms with Gasteiger partial charge in [-0.1, -0.05) is 45.7 Å². The normalized spacial score (nSPS) is 24.9. The molecule has 2 rings (SSSR count). The fraction of sp³-hybridized carbons (Fsp3) is 0.667. The first-order valence-corrected chi connectivity index (χ1v) is 8.05. The third-order valence-corrected chi connectivity index (χ3v) is 4.66. The Morgan fingerprint density at radius 1 is 1.10 bits per heavy atom. The van der Waals surface area contributed by atoms with Crippen LogP contribution in [-0.2, 0) is 0 Å². The lowest BCUT2D eigenvalue weighted by molar-refractivity contribution is 0.264. The van der Waals surface area contributed by atoms with Crippen LogP contribution >= 0.6 is 0 Å². The maximum absolute atomic E-state index is 13.0. The van der Waals surface area contributed by atoms with Crippen LogP contribution in [0.5, 0.6) is 0 Å². The van der Waals surface area contributed by atoms with E-state index < -0.39 is 0 Å². The minimum Gasteiger partial charge on any atom is -0.309 e. The summed E-state index contributed by atoms with van der Waals surface area (Å²) in [6, 6.07) is 7.28. The third-order valence-electron chi connectivity index (χ3n) is 4.66. The van der Waals surface area contributed by atoms with Crippen LogP contribution in [0.15, 0.2) is 24.3 Å². The standard InChI is InChI=1S/C18H28FN/c1-13(2)18(16-8-10-17(19)11-9-16)20-12-15-6-4-14(3)5-7-15/h8-11,13-15,18,20H,4-7,12H2,1-3H3. The number of rotatable bonds is 5. The van der Waals surface area contributed by atoms with Gasteiger partial charge in [-0.15, -0.1) is 0 Å². The highest BCUT2D eigenvalue weighted by atomic mass is 19.1. The van der Waals surface area contributed by atoms with Gasteiger partial charge in [0.05, 0.1) is 0 Å². The molecule has 0 spiro atoms. The number of hydrogen-bond acceptors (Lipinski definition) is 1. The summed E-state index contributed by atoms with van der Waals surface area (Å²) < 4.78 is 13.0. The molecule has 0 amide bonds. The molecule has 0 aromatic heterocycles. The Morgan fingerprint density at radius 3 is 2.25 bits per heavy atom. The molecule has 1 aromatic carbocycles. The number of halogens is 1. The fourth-order valence-corrected chi connectivity index (χ4v) is 3.24. The smallest absolute Gasteiger partial charge is 0.123 e. The second-order valence-electron chi connectivity index (χ2n) is 6.81. The van der Waals surface area contributed by atoms with Crippen molar-refractivity contribution in [3.8, 4) is 0 Å². The van der Waals surface area contributed by atoms with Crippen LogP contribution in [0.3, 0.4) is 0 Å². The van der Waals surface area contributed by atoms with Crippen LogP contribution in [0.4, 0.5) is 4.39 Å². The molecule has 1 aromatic rings. The fourth-order valence-electron chi connectivity index (χ4n) is 3.24. The van der Waals surface area contributed by atoms with Crippen molar-refractivity contribution >= 4 is 0 Å². The van der Waals surface area contributed by atoms with E-state index in [4.69, 9.17) is 0 Å². The van der Waals surface area contributed by atoms with E-state index >= 15 is 0 Å². The predicted octanol–water partition coefficient (Wildman–Crippen LogP) is 4.94. The third kappa shape index (κ3) is 4.31. The van der Waals surface area contributed by atoms with Gasteiger partial charge in [0.25, 0.3) is 0 Å². The van der Waals surface area contributed by atoms with Crippen molar-refractivity contribution in [2.24, 2.45) is 17.8 Å². The van der Waals surface area contributed by atoms with Gasteiger partial charge in [0, 0.05) is 6.04 Å². The summed E-state index contributed by atoms with van der Waals surface area (Å²) in [4.78, 5) is 0. The summed E-state index contributed by atoms with van der Waals surface area (Å²) in [5.41, 5.74) is 1.20. The van der Waals surface area contributed by atoms with Crippen molar-refractivity contribution in [3.05, 3.63) is 35.6 Å². The van der Waals surface area contributed by atoms with Crippen LogP contribution in [0.2, 0.25) is 0 Å². The number of benzene rings is 1. The van der Waals surface area contributed by atoms with E-state index in [2.05, 4.69) is 26.1 Å². The highest BCUT2D eigenvalue weighted by Crippen LogP contribution is 2.29. The zero-order valence-electron chi connectivity index (χ0n) is 13.0. The zero-order chi connectivity index (χ0) is 14.5. The topological polar surface area (TPSA) is 12.0 Å². The Hall–Kier alpha value is -0.890. The second-order valence-corrected chi connectivity index (χ2v) is 6.81. The molecular weight excluding hydrogens is 249 g/mol. The molecule has 1 atom stereocenters. The van der Waals surface area contributed by atoms with Crippen molar-refractivity contribution in [2.45, 2.75) is 52.5 Å². The Kier molecular flexibility index (Phi) is 5.59. The Bertz CT molecular complexity index is 390. The first-order valence-electron chi connectivity index (χ1n) is 8.05. The summed E-state index contributed by atoms with van der Waals surface area (Å²) in [6.45, 7) is 7.90. The van der Waals surface area contributed by atoms with Crippen LogP contribution < -0.4 is 5.32 Å². The molecule has 0 saturated heterocycles. The van der Waals surface area contributed by atoms with Crippen molar-refractivity contribution in [3.63, 3.8) is 0 Å². The van der Waals surface area contributed by atoms with Crippen LogP contribution in [0.1, 0.15) is 58.1 Å². The molecule has 1 unspecified atom stereocenters. The molecule has 0 bridgehead atoms. The van der Waals surface area contributed by atoms with Gasteiger partial charge in [0.15, 0.2) is 0 Å². The van der Waals surface area contributed by atoms with Crippen LogP contribution in [0.25, 0.3) is 0 Å². The average molecular weight is 277 g/mol. The number of nitrogens with one attached hydrogen (secondary N) is 1. The van der Waals surface area contributed by atoms with E-state index in [-0.39, 0.29) is 5.82 Å². The van der Waals surface area contributed by atoms with E-state index in [0.717, 1.165) is 18.4 Å². The van der Waals surface area contributed by atoms with Gasteiger partial charge in [0.2, 0.25) is 0 Å². The van der Waals surface area contributed by atoms with Gasteiger partial charge < -0.3 is 5.32 Å². The summed E-state index contributed by atoms with van der Waals surface area (Å²) in [6.07, 6.45) is 5.44. The second kappa shape index (κ2) is 7.21. The maximum atomic E-state index is 13.0. The first kappa shape index (κ1) is 15.5. The van der Waals surface area contributed by atoms with Crippen molar-refractivity contribution in [2.75, 3.05) is 6.54 Å². The lowest BCUT2D eigenvalue weighted by Crippen LogP contribution is -2.32. The molecular formula is C18H28FN. The largest absolute Gasteiger partial charge is 0.309 e. The van der Waals surface area contributed by atoms with Crippen molar-refractivity contribution in [1.29, 1.82) is 0 Å². The zero-order valence-corrected chi connectivity index (χ0v) is 13.0. The average Bonchev–Trinajstić information content (AvgIpc) is 2.43. The van der Waals surface area contributed by atoms with Crippen molar-refractivity contribution < 1.29 is 4.39 Å². The minimum atomic E-state index is -0.155. The lowest BCUT2D eigenvalue weighted by atomic mass is 9.82. The van der Waals surface area contributed by atoms with Gasteiger partial charge in [-0.3, -0.25) is 0 Å². The maximum Gasteiger partial charge on any atom is 0.123 e. The monoisotopic (exact) mass is 277 g/mol. The highest BCUT2D eigenvalue weighted by Gasteiger charge is 2.21. The molecule has 112 valence electrons. The predicted molar refractivity (Wildman–Crippen MR) is 83.1 cm³/mol. The molecule has 1 aliphatic carbocycles. The van der Waals surface area contributed by atoms with E-state index in [9.17, 15) is 4.39 Å². The highest BCUT2D eigenvalue weighted by molar-refractivity contribution is 5.20. The van der Waals surface area contributed by atoms with Crippen LogP contribution in [0, 0.1) is 23.6 Å². The molecule has 1 nitrogen and oxygen atoms in total. The van der Waals surface area contributed by atoms with E-state index in [1.807, 2.05) is 12.1 Å². The summed E-state index contributed by atoms with van der Waals surface area (Å²) in [5.74, 6) is 2.08. The van der Waals surface area contributed by atoms with Gasteiger partial charge in [-0.25, -0.2) is 4.39 Å². The molecule has 1 fully saturated rings. The quantitative estimate of drug-likeness (QED) is 0.804. The van der Waals surface area contributed by atoms with E-state index in [0.29, 0.717) is 12.0 Å². The van der Waals surface area contributed by atoms with Gasteiger partial charge in [-0.05, 0) is 54.8 Å². The molecule has 0 radical (unpaired) electrons. The van der Waals surface area contributed by atoms with Gasteiger partial charge in [-0.2, -0.15) is 0 Å². The summed E-state index contributed by atoms with van der Waals surface area (Å²) >= 11 is 0. The van der Waals surface area contributed by atoms with Gasteiger partial charge >= 0.3 is 0 Å². The Balaban J connectivity index is 1.91. The molecule has 0 heterocycles. The SMILES string of the molecule is CC1CCC(CNC(c2ccc(F)cc2)C(C)C)CC1. The van der Waals surface area contributed by atoms with Crippen molar-refractivity contribution in [1.82, 2.24) is 5.32 Å². The first-order chi connectivity index (χ1) is 9.56. The van der Waals surface area contributed by atoms with E-state index in [1.165, 1.54) is 31.2 Å². The Labute approximate surface area is 123 Å². The molecule has 1 saturated carbocycles. The Morgan fingerprint density at radius 2 is 1.70 bits per heavy atom. The van der Waals surface area contributed by atoms with Gasteiger partial charge in [0.1, 0.15) is 5.82 Å². The van der Waals surface area contributed by atoms with E-state index in [1.54, 1.807) is 12.1 Å². The summed E-state index contributed by atoms with van der Waals surface area (Å²) in [7, 11) is 0. The molecule has 1 aliphatic rings. The molecule has 20 heavy (non-hydrogen) atoms. The summed E-state index contributed by atoms with van der Waals surface area (Å²) in [5, 5.41) is 3.72. The molecule has 1 N–H and O–H groups in total. The molecule has 0 aliphatic heterocycles. The number of hydrogen-bond donors (Lipinski definition) is 1. The molecule has 2 heteroatoms. The minimum absolute atomic E-state index is 0.155. The van der Waals surface area contributed by atoms with Crippen LogP contribution in [-0.4, -0.2) is 6.54 Å². The lowest BCUT2D eigenvalue weighted by Gasteiger charge is -2.30.